The van der Waals surface area contributed by atoms with Gasteiger partial charge in [0.1, 0.15) is 5.75 Å². The van der Waals surface area contributed by atoms with Crippen molar-refractivity contribution in [2.24, 2.45) is 0 Å². The van der Waals surface area contributed by atoms with Crippen LogP contribution in [0.4, 0.5) is 0 Å². The number of nitrogens with zero attached hydrogens (tertiary/aromatic N) is 2. The molecule has 3 aromatic carbocycles. The van der Waals surface area contributed by atoms with E-state index in [1.165, 1.54) is 16.5 Å². The minimum atomic E-state index is 0.770. The number of aromatic nitrogens is 2. The number of fused-ring (bicyclic) bond motifs is 3. The summed E-state index contributed by atoms with van der Waals surface area (Å²) in [5, 5.41) is 1.23. The van der Waals surface area contributed by atoms with Crippen molar-refractivity contribution in [1.29, 1.82) is 0 Å². The topological polar surface area (TPSA) is 26.5 Å². The maximum Gasteiger partial charge on any atom is 0.118 e. The van der Waals surface area contributed by atoms with Crippen LogP contribution in [0.2, 0.25) is 0 Å². The standard InChI is InChI=1S/C25H20N2O/c1-28-22-13-11-18(12-14-22)15-21-17-27-23-10-6-5-9-20(23)16-24(27)25(26-21)19-7-3-2-4-8-19/h2-14,16-17H,15H2,1H3. The molecule has 0 aliphatic heterocycles. The largest absolute Gasteiger partial charge is 0.497 e. The number of methoxy groups -OCH3 is 1. The molecule has 0 radical (unpaired) electrons. The number of hydrogen-bond donors (Lipinski definition) is 0. The van der Waals surface area contributed by atoms with Gasteiger partial charge in [-0.2, -0.15) is 0 Å². The van der Waals surface area contributed by atoms with Crippen LogP contribution in [-0.4, -0.2) is 16.5 Å². The summed E-state index contributed by atoms with van der Waals surface area (Å²) in [6.45, 7) is 0. The van der Waals surface area contributed by atoms with E-state index in [9.17, 15) is 0 Å². The Morgan fingerprint density at radius 2 is 1.57 bits per heavy atom. The molecule has 5 aromatic rings. The summed E-state index contributed by atoms with van der Waals surface area (Å²) < 4.78 is 7.54. The van der Waals surface area contributed by atoms with Gasteiger partial charge in [0.25, 0.3) is 0 Å². The number of rotatable bonds is 4. The Morgan fingerprint density at radius 1 is 0.821 bits per heavy atom. The Balaban J connectivity index is 1.69. The predicted molar refractivity (Wildman–Crippen MR) is 114 cm³/mol. The number of benzene rings is 3. The second-order valence-corrected chi connectivity index (χ2v) is 6.93. The first-order valence-electron chi connectivity index (χ1n) is 9.40. The fourth-order valence-electron chi connectivity index (χ4n) is 3.72. The summed E-state index contributed by atoms with van der Waals surface area (Å²) >= 11 is 0. The average molecular weight is 364 g/mol. The summed E-state index contributed by atoms with van der Waals surface area (Å²) in [7, 11) is 1.69. The zero-order chi connectivity index (χ0) is 18.9. The van der Waals surface area contributed by atoms with E-state index in [4.69, 9.17) is 9.72 Å². The molecule has 3 heteroatoms. The smallest absolute Gasteiger partial charge is 0.118 e. The second kappa shape index (κ2) is 6.86. The maximum absolute atomic E-state index is 5.27. The first-order valence-corrected chi connectivity index (χ1v) is 9.40. The fourth-order valence-corrected chi connectivity index (χ4v) is 3.72. The van der Waals surface area contributed by atoms with Gasteiger partial charge in [0, 0.05) is 23.6 Å². The number of hydrogen-bond acceptors (Lipinski definition) is 2. The van der Waals surface area contributed by atoms with Gasteiger partial charge in [0.05, 0.1) is 29.5 Å². The van der Waals surface area contributed by atoms with Crippen molar-refractivity contribution < 1.29 is 4.74 Å². The Labute approximate surface area is 163 Å². The van der Waals surface area contributed by atoms with Crippen molar-refractivity contribution in [3.63, 3.8) is 0 Å². The van der Waals surface area contributed by atoms with Crippen LogP contribution in [-0.2, 0) is 6.42 Å². The van der Waals surface area contributed by atoms with E-state index in [1.807, 2.05) is 18.2 Å². The van der Waals surface area contributed by atoms with Gasteiger partial charge in [0.15, 0.2) is 0 Å². The molecule has 0 amide bonds. The van der Waals surface area contributed by atoms with Gasteiger partial charge in [-0.05, 0) is 29.8 Å². The molecule has 2 heterocycles. The molecule has 136 valence electrons. The Kier molecular flexibility index (Phi) is 4.06. The molecular formula is C25H20N2O. The summed E-state index contributed by atoms with van der Waals surface area (Å²) in [4.78, 5) is 5.05. The molecule has 5 rings (SSSR count). The zero-order valence-corrected chi connectivity index (χ0v) is 15.7. The molecule has 0 unspecified atom stereocenters. The predicted octanol–water partition coefficient (Wildman–Crippen LogP) is 5.75. The lowest BCUT2D eigenvalue weighted by molar-refractivity contribution is 0.414. The first kappa shape index (κ1) is 16.6. The molecule has 0 atom stereocenters. The SMILES string of the molecule is COc1ccc(Cc2cn3c(cc4ccccc43)c(-c3ccccc3)n2)cc1. The van der Waals surface area contributed by atoms with E-state index in [1.54, 1.807) is 7.11 Å². The molecular weight excluding hydrogens is 344 g/mol. The highest BCUT2D eigenvalue weighted by molar-refractivity contribution is 5.92. The van der Waals surface area contributed by atoms with Crippen molar-refractivity contribution >= 4 is 16.4 Å². The third-order valence-corrected chi connectivity index (χ3v) is 5.12. The summed E-state index contributed by atoms with van der Waals surface area (Å²) in [5.41, 5.74) is 6.73. The van der Waals surface area contributed by atoms with Gasteiger partial charge < -0.3 is 9.14 Å². The highest BCUT2D eigenvalue weighted by Gasteiger charge is 2.12. The van der Waals surface area contributed by atoms with Gasteiger partial charge in [-0.1, -0.05) is 60.7 Å². The van der Waals surface area contributed by atoms with Gasteiger partial charge in [0.2, 0.25) is 0 Å². The minimum absolute atomic E-state index is 0.770. The Bertz CT molecular complexity index is 1250. The van der Waals surface area contributed by atoms with Crippen molar-refractivity contribution in [3.05, 3.63) is 102 Å². The van der Waals surface area contributed by atoms with Gasteiger partial charge >= 0.3 is 0 Å². The molecule has 28 heavy (non-hydrogen) atoms. The van der Waals surface area contributed by atoms with Crippen LogP contribution in [0, 0.1) is 0 Å². The quantitative estimate of drug-likeness (QED) is 0.406. The zero-order valence-electron chi connectivity index (χ0n) is 15.7. The third-order valence-electron chi connectivity index (χ3n) is 5.12. The second-order valence-electron chi connectivity index (χ2n) is 6.93. The molecule has 0 saturated heterocycles. The summed E-state index contributed by atoms with van der Waals surface area (Å²) in [6, 6.07) is 29.3. The van der Waals surface area contributed by atoms with Crippen LogP contribution < -0.4 is 4.74 Å². The average Bonchev–Trinajstić information content (AvgIpc) is 3.13. The summed E-state index contributed by atoms with van der Waals surface area (Å²) in [6.07, 6.45) is 2.93. The van der Waals surface area contributed by atoms with Crippen molar-refractivity contribution in [2.75, 3.05) is 7.11 Å². The van der Waals surface area contributed by atoms with Crippen LogP contribution in [0.3, 0.4) is 0 Å². The Hall–Kier alpha value is -3.59. The van der Waals surface area contributed by atoms with Crippen LogP contribution in [0.25, 0.3) is 27.7 Å². The Morgan fingerprint density at radius 3 is 2.36 bits per heavy atom. The monoisotopic (exact) mass is 364 g/mol. The normalized spacial score (nSPS) is 11.2. The van der Waals surface area contributed by atoms with Gasteiger partial charge in [-0.3, -0.25) is 0 Å². The van der Waals surface area contributed by atoms with E-state index < -0.39 is 0 Å². The highest BCUT2D eigenvalue weighted by Crippen LogP contribution is 2.29. The maximum atomic E-state index is 5.27. The van der Waals surface area contributed by atoms with Crippen molar-refractivity contribution in [3.8, 4) is 17.0 Å². The lowest BCUT2D eigenvalue weighted by Crippen LogP contribution is -2.00. The van der Waals surface area contributed by atoms with Crippen molar-refractivity contribution in [2.45, 2.75) is 6.42 Å². The van der Waals surface area contributed by atoms with Crippen LogP contribution in [0.1, 0.15) is 11.3 Å². The third kappa shape index (κ3) is 2.91. The van der Waals surface area contributed by atoms with Crippen LogP contribution in [0.5, 0.6) is 5.75 Å². The van der Waals surface area contributed by atoms with Crippen LogP contribution >= 0.6 is 0 Å². The highest BCUT2D eigenvalue weighted by atomic mass is 16.5. The molecule has 0 aliphatic rings. The van der Waals surface area contributed by atoms with E-state index in [0.29, 0.717) is 0 Å². The van der Waals surface area contributed by atoms with E-state index in [0.717, 1.165) is 34.6 Å². The van der Waals surface area contributed by atoms with E-state index in [-0.39, 0.29) is 0 Å². The first-order chi connectivity index (χ1) is 13.8. The number of para-hydroxylation sites is 1. The lowest BCUT2D eigenvalue weighted by Gasteiger charge is -2.10. The minimum Gasteiger partial charge on any atom is -0.497 e. The lowest BCUT2D eigenvalue weighted by atomic mass is 10.1. The van der Waals surface area contributed by atoms with Gasteiger partial charge in [-0.25, -0.2) is 4.98 Å². The van der Waals surface area contributed by atoms with E-state index in [2.05, 4.69) is 77.3 Å². The van der Waals surface area contributed by atoms with Crippen LogP contribution in [0.15, 0.2) is 91.1 Å². The molecule has 0 bridgehead atoms. The van der Waals surface area contributed by atoms with E-state index >= 15 is 0 Å². The molecule has 0 saturated carbocycles. The van der Waals surface area contributed by atoms with Crippen molar-refractivity contribution in [1.82, 2.24) is 9.38 Å². The molecule has 3 nitrogen and oxygen atoms in total. The fraction of sp³-hybridized carbons (Fsp3) is 0.0800. The molecule has 0 fully saturated rings. The van der Waals surface area contributed by atoms with Gasteiger partial charge in [-0.15, -0.1) is 0 Å². The number of ether oxygens (including phenoxy) is 1. The molecule has 2 aromatic heterocycles. The summed E-state index contributed by atoms with van der Waals surface area (Å²) in [5.74, 6) is 0.869. The molecule has 0 aliphatic carbocycles. The molecule has 0 spiro atoms. The molecule has 0 N–H and O–H groups in total.